The van der Waals surface area contributed by atoms with E-state index in [-0.39, 0.29) is 19.4 Å². The first-order chi connectivity index (χ1) is 16.6. The van der Waals surface area contributed by atoms with Crippen molar-refractivity contribution in [2.45, 2.75) is 56.0 Å². The van der Waals surface area contributed by atoms with Crippen LogP contribution in [0.4, 0.5) is 13.2 Å². The molecule has 0 amide bonds. The monoisotopic (exact) mass is 509 g/mol. The fraction of sp³-hybridized carbons (Fsp3) is 0.556. The summed E-state index contributed by atoms with van der Waals surface area (Å²) in [5, 5.41) is 0. The highest BCUT2D eigenvalue weighted by Crippen LogP contribution is 2.51. The fourth-order valence-electron chi connectivity index (χ4n) is 5.41. The summed E-state index contributed by atoms with van der Waals surface area (Å²) in [5.74, 6) is 1.08. The van der Waals surface area contributed by atoms with Crippen LogP contribution in [0.5, 0.6) is 5.75 Å². The van der Waals surface area contributed by atoms with Gasteiger partial charge in [-0.1, -0.05) is 37.1 Å². The van der Waals surface area contributed by atoms with E-state index in [1.807, 2.05) is 29.2 Å². The zero-order chi connectivity index (χ0) is 25.1. The smallest absolute Gasteiger partial charge is 0.395 e. The average Bonchev–Trinajstić information content (AvgIpc) is 3.19. The quantitative estimate of drug-likeness (QED) is 0.436. The molecule has 192 valence electrons. The van der Waals surface area contributed by atoms with Gasteiger partial charge >= 0.3 is 6.18 Å². The third kappa shape index (κ3) is 6.39. The first-order valence-electron chi connectivity index (χ1n) is 12.4. The lowest BCUT2D eigenvalue weighted by molar-refractivity contribution is -0.227. The van der Waals surface area contributed by atoms with Gasteiger partial charge in [0.2, 0.25) is 0 Å². The molecule has 0 N–H and O–H groups in total. The Kier molecular flexibility index (Phi) is 7.81. The maximum Gasteiger partial charge on any atom is 0.395 e. The molecular weight excluding hydrogens is 475 g/mol. The van der Waals surface area contributed by atoms with Gasteiger partial charge in [0.1, 0.15) is 5.75 Å². The summed E-state index contributed by atoms with van der Waals surface area (Å²) in [5.41, 5.74) is 0.371. The van der Waals surface area contributed by atoms with E-state index in [1.165, 1.54) is 6.26 Å². The second-order valence-corrected chi connectivity index (χ2v) is 12.2. The van der Waals surface area contributed by atoms with Crippen LogP contribution in [0.1, 0.15) is 44.9 Å². The molecule has 2 fully saturated rings. The van der Waals surface area contributed by atoms with Crippen molar-refractivity contribution in [3.63, 3.8) is 0 Å². The van der Waals surface area contributed by atoms with Crippen molar-refractivity contribution in [2.75, 3.05) is 32.5 Å². The summed E-state index contributed by atoms with van der Waals surface area (Å²) < 4.78 is 70.7. The van der Waals surface area contributed by atoms with Crippen molar-refractivity contribution < 1.29 is 26.3 Å². The Balaban J connectivity index is 1.28. The molecule has 0 spiro atoms. The minimum atomic E-state index is -4.12. The van der Waals surface area contributed by atoms with E-state index in [1.54, 1.807) is 24.3 Å². The number of alkyl halides is 3. The van der Waals surface area contributed by atoms with Crippen LogP contribution in [-0.4, -0.2) is 52.0 Å². The lowest BCUT2D eigenvalue weighted by Gasteiger charge is -2.36. The van der Waals surface area contributed by atoms with Crippen molar-refractivity contribution >= 4 is 9.84 Å². The van der Waals surface area contributed by atoms with Crippen molar-refractivity contribution in [2.24, 2.45) is 11.3 Å². The highest BCUT2D eigenvalue weighted by atomic mass is 32.2. The van der Waals surface area contributed by atoms with E-state index >= 15 is 0 Å². The van der Waals surface area contributed by atoms with Crippen LogP contribution >= 0.6 is 0 Å². The summed E-state index contributed by atoms with van der Waals surface area (Å²) >= 11 is 0. The first kappa shape index (κ1) is 26.0. The van der Waals surface area contributed by atoms with Crippen molar-refractivity contribution in [1.29, 1.82) is 0 Å². The Morgan fingerprint density at radius 1 is 0.914 bits per heavy atom. The highest BCUT2D eigenvalue weighted by Gasteiger charge is 2.56. The number of ether oxygens (including phenoxy) is 1. The molecule has 0 bridgehead atoms. The van der Waals surface area contributed by atoms with Gasteiger partial charge in [-0.2, -0.15) is 13.2 Å². The number of likely N-dealkylation sites (tertiary alicyclic amines) is 1. The molecule has 8 heteroatoms. The van der Waals surface area contributed by atoms with E-state index in [0.717, 1.165) is 42.7 Å². The van der Waals surface area contributed by atoms with Crippen molar-refractivity contribution in [1.82, 2.24) is 4.90 Å². The first-order valence-corrected chi connectivity index (χ1v) is 14.3. The number of sulfone groups is 1. The molecule has 1 unspecified atom stereocenters. The third-order valence-electron chi connectivity index (χ3n) is 7.58. The third-order valence-corrected chi connectivity index (χ3v) is 8.71. The highest BCUT2D eigenvalue weighted by molar-refractivity contribution is 7.90. The van der Waals surface area contributed by atoms with E-state index < -0.39 is 21.4 Å². The average molecular weight is 510 g/mol. The molecule has 0 radical (unpaired) electrons. The second kappa shape index (κ2) is 10.5. The molecule has 1 aliphatic heterocycles. The largest absolute Gasteiger partial charge is 0.493 e. The minimum Gasteiger partial charge on any atom is -0.493 e. The second-order valence-electron chi connectivity index (χ2n) is 10.2. The molecule has 4 rings (SSSR count). The van der Waals surface area contributed by atoms with Gasteiger partial charge in [0.15, 0.2) is 9.84 Å². The van der Waals surface area contributed by atoms with Gasteiger partial charge in [0.05, 0.1) is 16.9 Å². The SMILES string of the molecule is CS(=O)(=O)c1ccc(-c2ccc(OCC3CCCN(CC4(C(F)(F)F)CCCC4)CC3)cc2)cc1. The van der Waals surface area contributed by atoms with Crippen LogP contribution in [-0.2, 0) is 9.84 Å². The summed E-state index contributed by atoms with van der Waals surface area (Å²) in [6, 6.07) is 14.5. The van der Waals surface area contributed by atoms with E-state index in [2.05, 4.69) is 0 Å². The predicted octanol–water partition coefficient (Wildman–Crippen LogP) is 6.36. The van der Waals surface area contributed by atoms with E-state index in [9.17, 15) is 21.6 Å². The molecule has 2 aliphatic rings. The Morgan fingerprint density at radius 2 is 1.51 bits per heavy atom. The van der Waals surface area contributed by atoms with Crippen LogP contribution in [0, 0.1) is 11.3 Å². The molecule has 1 saturated heterocycles. The van der Waals surface area contributed by atoms with Crippen LogP contribution in [0.3, 0.4) is 0 Å². The van der Waals surface area contributed by atoms with Crippen LogP contribution in [0.2, 0.25) is 0 Å². The Labute approximate surface area is 206 Å². The Bertz CT molecular complexity index is 1080. The fourth-order valence-corrected chi connectivity index (χ4v) is 6.04. The van der Waals surface area contributed by atoms with Gasteiger partial charge in [-0.25, -0.2) is 8.42 Å². The topological polar surface area (TPSA) is 46.6 Å². The number of nitrogens with zero attached hydrogens (tertiary/aromatic N) is 1. The lowest BCUT2D eigenvalue weighted by atomic mass is 9.84. The van der Waals surface area contributed by atoms with Crippen molar-refractivity contribution in [3.05, 3.63) is 48.5 Å². The molecule has 1 atom stereocenters. The zero-order valence-electron chi connectivity index (χ0n) is 20.2. The lowest BCUT2D eigenvalue weighted by Crippen LogP contribution is -2.46. The van der Waals surface area contributed by atoms with E-state index in [0.29, 0.717) is 36.8 Å². The van der Waals surface area contributed by atoms with Gasteiger partial charge in [0.25, 0.3) is 0 Å². The molecule has 2 aromatic rings. The number of rotatable bonds is 7. The molecule has 0 aromatic heterocycles. The summed E-state index contributed by atoms with van der Waals surface area (Å²) in [7, 11) is -3.22. The standard InChI is InChI=1S/C27H34F3NO3S/c1-35(32,33)25-12-8-23(9-13-25)22-6-10-24(11-7-22)34-19-21-5-4-17-31(18-14-21)20-26(27(28,29)30)15-2-3-16-26/h6-13,21H,2-5,14-20H2,1H3. The van der Waals surface area contributed by atoms with Gasteiger partial charge in [-0.15, -0.1) is 0 Å². The van der Waals surface area contributed by atoms with Gasteiger partial charge in [-0.05, 0) is 86.5 Å². The maximum absolute atomic E-state index is 13.8. The zero-order valence-corrected chi connectivity index (χ0v) is 21.0. The Morgan fingerprint density at radius 3 is 2.09 bits per heavy atom. The van der Waals surface area contributed by atoms with Gasteiger partial charge in [0, 0.05) is 12.8 Å². The van der Waals surface area contributed by atoms with Crippen LogP contribution in [0.15, 0.2) is 53.4 Å². The molecule has 1 aliphatic carbocycles. The summed E-state index contributed by atoms with van der Waals surface area (Å²) in [6.45, 7) is 2.10. The summed E-state index contributed by atoms with van der Waals surface area (Å²) in [4.78, 5) is 2.32. The number of halogens is 3. The van der Waals surface area contributed by atoms with Crippen LogP contribution < -0.4 is 4.74 Å². The van der Waals surface area contributed by atoms with Gasteiger partial charge < -0.3 is 9.64 Å². The molecule has 35 heavy (non-hydrogen) atoms. The summed E-state index contributed by atoms with van der Waals surface area (Å²) in [6.07, 6.45) is 1.63. The Hall–Kier alpha value is -2.06. The van der Waals surface area contributed by atoms with Crippen molar-refractivity contribution in [3.8, 4) is 16.9 Å². The molecular formula is C27H34F3NO3S. The minimum absolute atomic E-state index is 0.136. The molecule has 1 heterocycles. The van der Waals surface area contributed by atoms with E-state index in [4.69, 9.17) is 4.74 Å². The molecule has 1 saturated carbocycles. The maximum atomic E-state index is 13.8. The predicted molar refractivity (Wildman–Crippen MR) is 131 cm³/mol. The number of hydrogen-bond donors (Lipinski definition) is 0. The normalized spacial score (nSPS) is 21.5. The molecule has 2 aromatic carbocycles. The number of hydrogen-bond acceptors (Lipinski definition) is 4. The number of benzene rings is 2. The van der Waals surface area contributed by atoms with Gasteiger partial charge in [-0.3, -0.25) is 0 Å². The van der Waals surface area contributed by atoms with Crippen LogP contribution in [0.25, 0.3) is 11.1 Å². The molecule has 4 nitrogen and oxygen atoms in total.